The molecule has 0 spiro atoms. The molecule has 2 aliphatic rings. The van der Waals surface area contributed by atoms with Gasteiger partial charge in [-0.05, 0) is 61.8 Å². The van der Waals surface area contributed by atoms with Crippen molar-refractivity contribution in [3.8, 4) is 0 Å². The molecule has 0 aromatic heterocycles. The van der Waals surface area contributed by atoms with Gasteiger partial charge in [0.05, 0.1) is 22.5 Å². The van der Waals surface area contributed by atoms with Crippen LogP contribution < -0.4 is 9.80 Å². The Morgan fingerprint density at radius 2 is 0.741 bits per heavy atom. The molecule has 0 N–H and O–H groups in total. The smallest absolute Gasteiger partial charge is 0.259 e. The first-order valence-corrected chi connectivity index (χ1v) is 23.9. The fraction of sp³-hybridized carbons (Fsp3) is 0.667. The van der Waals surface area contributed by atoms with Gasteiger partial charge in [-0.15, -0.1) is 0 Å². The van der Waals surface area contributed by atoms with Crippen LogP contribution in [0.1, 0.15) is 193 Å². The molecule has 2 aromatic carbocycles. The fourth-order valence-electron chi connectivity index (χ4n) is 8.76. The zero-order valence-electron chi connectivity index (χ0n) is 34.5. The first-order valence-electron chi connectivity index (χ1n) is 22.3. The quantitative estimate of drug-likeness (QED) is 0.0631. The summed E-state index contributed by atoms with van der Waals surface area (Å²) in [4.78, 5) is 33.9. The largest absolute Gasteiger partial charge is 0.307 e. The molecule has 0 bridgehead atoms. The van der Waals surface area contributed by atoms with Crippen molar-refractivity contribution in [3.05, 3.63) is 56.5 Å². The average Bonchev–Trinajstić information content (AvgIpc) is 3.57. The van der Waals surface area contributed by atoms with E-state index in [4.69, 9.17) is 0 Å². The lowest BCUT2D eigenvalue weighted by atomic mass is 9.93. The Hall–Kier alpha value is -1.92. The Bertz CT molecular complexity index is 1380. The number of benzene rings is 2. The molecule has 2 heterocycles. The fourth-order valence-corrected chi connectivity index (χ4v) is 9.46. The number of hydrogen-bond acceptors (Lipinski definition) is 2. The van der Waals surface area contributed by atoms with Crippen LogP contribution in [0.4, 0.5) is 11.4 Å². The van der Waals surface area contributed by atoms with Crippen LogP contribution >= 0.6 is 31.9 Å². The van der Waals surface area contributed by atoms with Gasteiger partial charge in [0.1, 0.15) is 0 Å². The van der Waals surface area contributed by atoms with Gasteiger partial charge < -0.3 is 9.80 Å². The summed E-state index contributed by atoms with van der Waals surface area (Å²) in [5.41, 5.74) is 4.87. The second-order valence-electron chi connectivity index (χ2n) is 16.4. The average molecular weight is 869 g/mol. The lowest BCUT2D eigenvalue weighted by Gasteiger charge is -2.25. The van der Waals surface area contributed by atoms with Gasteiger partial charge in [0.25, 0.3) is 11.8 Å². The molecule has 0 radical (unpaired) electrons. The van der Waals surface area contributed by atoms with Crippen LogP contribution in [0.25, 0.3) is 11.1 Å². The van der Waals surface area contributed by atoms with Crippen molar-refractivity contribution in [1.82, 2.24) is 0 Å². The monoisotopic (exact) mass is 866 g/mol. The molecule has 0 fully saturated rings. The molecule has 300 valence electrons. The van der Waals surface area contributed by atoms with Gasteiger partial charge >= 0.3 is 0 Å². The number of halogens is 2. The molecule has 2 atom stereocenters. The number of unbranched alkanes of at least 4 members (excludes halogenated alkanes) is 16. The minimum Gasteiger partial charge on any atom is -0.307 e. The highest BCUT2D eigenvalue weighted by atomic mass is 79.9. The Balaban J connectivity index is 1.63. The third-order valence-electron chi connectivity index (χ3n) is 12.0. The molecule has 0 aliphatic carbocycles. The standard InChI is InChI=1S/C48H72Br2N2O2/c1-5-9-13-17-19-23-27-37(25-21-15-11-7-3)35-51-43-33-39(49)29-31-41(43)45(47(51)53)46-42-32-30-40(50)34-44(42)52(48(46)54)36-38(26-22-16-12-8-4)28-24-20-18-14-10-6-2/h29-34,37-38H,5-28,35-36H2,1-4H3/b46-45+. The minimum absolute atomic E-state index is 0.00753. The van der Waals surface area contributed by atoms with E-state index in [1.165, 1.54) is 128 Å². The summed E-state index contributed by atoms with van der Waals surface area (Å²) >= 11 is 7.46. The maximum absolute atomic E-state index is 14.9. The second kappa shape index (κ2) is 24.7. The van der Waals surface area contributed by atoms with E-state index in [2.05, 4.69) is 83.8 Å². The van der Waals surface area contributed by atoms with Crippen molar-refractivity contribution in [2.75, 3.05) is 22.9 Å². The van der Waals surface area contributed by atoms with Crippen LogP contribution in [0.3, 0.4) is 0 Å². The summed E-state index contributed by atoms with van der Waals surface area (Å²) in [5.74, 6) is 0.879. The summed E-state index contributed by atoms with van der Waals surface area (Å²) in [6.45, 7) is 10.5. The van der Waals surface area contributed by atoms with E-state index in [1.807, 2.05) is 21.9 Å². The molecule has 0 saturated carbocycles. The van der Waals surface area contributed by atoms with Gasteiger partial charge in [-0.25, -0.2) is 0 Å². The molecule has 2 unspecified atom stereocenters. The zero-order chi connectivity index (χ0) is 38.7. The van der Waals surface area contributed by atoms with Gasteiger partial charge in [0, 0.05) is 33.2 Å². The SMILES string of the molecule is CCCCCCCCC(CCCCCC)CN1C(=O)/C(=C2/C(=O)N(CC(CCCCCC)CCCCCCCC)c3cc(Br)ccc32)c2ccc(Br)cc21. The number of carbonyl (C=O) groups excluding carboxylic acids is 2. The number of hydrogen-bond donors (Lipinski definition) is 0. The van der Waals surface area contributed by atoms with Crippen LogP contribution in [-0.2, 0) is 9.59 Å². The molecule has 0 saturated heterocycles. The molecule has 4 rings (SSSR count). The maximum Gasteiger partial charge on any atom is 0.259 e. The van der Waals surface area contributed by atoms with E-state index < -0.39 is 0 Å². The van der Waals surface area contributed by atoms with E-state index in [1.54, 1.807) is 0 Å². The highest BCUT2D eigenvalue weighted by molar-refractivity contribution is 9.10. The van der Waals surface area contributed by atoms with Gasteiger partial charge in [-0.1, -0.05) is 200 Å². The molecule has 2 aromatic rings. The number of nitrogens with zero attached hydrogens (tertiary/aromatic N) is 2. The van der Waals surface area contributed by atoms with Crippen molar-refractivity contribution in [1.29, 1.82) is 0 Å². The van der Waals surface area contributed by atoms with Gasteiger partial charge in [0.2, 0.25) is 0 Å². The first kappa shape index (κ1) is 44.8. The third-order valence-corrected chi connectivity index (χ3v) is 12.9. The third kappa shape index (κ3) is 13.1. The number of rotatable bonds is 28. The number of anilines is 2. The maximum atomic E-state index is 14.9. The Kier molecular flexibility index (Phi) is 20.5. The zero-order valence-corrected chi connectivity index (χ0v) is 37.6. The van der Waals surface area contributed by atoms with E-state index in [0.717, 1.165) is 57.1 Å². The molecular weight excluding hydrogens is 796 g/mol. The highest BCUT2D eigenvalue weighted by Gasteiger charge is 2.43. The first-order chi connectivity index (χ1) is 26.3. The Morgan fingerprint density at radius 3 is 1.07 bits per heavy atom. The summed E-state index contributed by atoms with van der Waals surface area (Å²) < 4.78 is 1.93. The molecule has 2 aliphatic heterocycles. The lowest BCUT2D eigenvalue weighted by Crippen LogP contribution is -2.34. The van der Waals surface area contributed by atoms with Crippen LogP contribution in [0, 0.1) is 11.8 Å². The number of fused-ring (bicyclic) bond motifs is 2. The van der Waals surface area contributed by atoms with Gasteiger partial charge in [-0.3, -0.25) is 9.59 Å². The topological polar surface area (TPSA) is 40.6 Å². The summed E-state index contributed by atoms with van der Waals surface area (Å²) in [6.07, 6.45) is 29.9. The van der Waals surface area contributed by atoms with Crippen LogP contribution in [0.5, 0.6) is 0 Å². The predicted molar refractivity (Wildman–Crippen MR) is 240 cm³/mol. The molecular formula is C48H72Br2N2O2. The van der Waals surface area contributed by atoms with Crippen molar-refractivity contribution in [3.63, 3.8) is 0 Å². The molecule has 2 amide bonds. The van der Waals surface area contributed by atoms with E-state index in [-0.39, 0.29) is 11.8 Å². The normalized spacial score (nSPS) is 16.4. The van der Waals surface area contributed by atoms with Crippen molar-refractivity contribution < 1.29 is 9.59 Å². The summed E-state index contributed by atoms with van der Waals surface area (Å²) in [5, 5.41) is 0. The number of carbonyl (C=O) groups is 2. The van der Waals surface area contributed by atoms with Crippen molar-refractivity contribution in [2.24, 2.45) is 11.8 Å². The predicted octanol–water partition coefficient (Wildman–Crippen LogP) is 15.5. The van der Waals surface area contributed by atoms with Crippen LogP contribution in [-0.4, -0.2) is 24.9 Å². The van der Waals surface area contributed by atoms with Crippen molar-refractivity contribution in [2.45, 2.75) is 182 Å². The van der Waals surface area contributed by atoms with Crippen LogP contribution in [0.2, 0.25) is 0 Å². The van der Waals surface area contributed by atoms with Crippen molar-refractivity contribution >= 4 is 66.2 Å². The molecule has 6 heteroatoms. The Labute approximate surface area is 347 Å². The van der Waals surface area contributed by atoms with E-state index >= 15 is 0 Å². The van der Waals surface area contributed by atoms with E-state index in [9.17, 15) is 9.59 Å². The van der Waals surface area contributed by atoms with Crippen LogP contribution in [0.15, 0.2) is 45.3 Å². The highest BCUT2D eigenvalue weighted by Crippen LogP contribution is 2.48. The minimum atomic E-state index is -0.00753. The van der Waals surface area contributed by atoms with E-state index in [0.29, 0.717) is 36.1 Å². The van der Waals surface area contributed by atoms with Gasteiger partial charge in [0.15, 0.2) is 0 Å². The van der Waals surface area contributed by atoms with Gasteiger partial charge in [-0.2, -0.15) is 0 Å². The summed E-state index contributed by atoms with van der Waals surface area (Å²) in [6, 6.07) is 12.4. The summed E-state index contributed by atoms with van der Waals surface area (Å²) in [7, 11) is 0. The molecule has 54 heavy (non-hydrogen) atoms. The second-order valence-corrected chi connectivity index (χ2v) is 18.3. The Morgan fingerprint density at radius 1 is 0.444 bits per heavy atom. The molecule has 4 nitrogen and oxygen atoms in total. The number of amides is 2. The lowest BCUT2D eigenvalue weighted by molar-refractivity contribution is -0.114.